The SMILES string of the molecule is CC(C)(C)OC(=O)NC1CCC(C(O)CC#N)CC1. The molecule has 0 saturated heterocycles. The second-order valence-electron chi connectivity index (χ2n) is 6.19. The van der Waals surface area contributed by atoms with Crippen LogP contribution >= 0.6 is 0 Å². The maximum absolute atomic E-state index is 11.6. The molecular weight excluding hydrogens is 244 g/mol. The molecular formula is C14H24N2O3. The number of carbonyl (C=O) groups is 1. The highest BCUT2D eigenvalue weighted by Crippen LogP contribution is 2.28. The zero-order chi connectivity index (χ0) is 14.5. The fourth-order valence-electron chi connectivity index (χ4n) is 2.38. The first-order chi connectivity index (χ1) is 8.81. The summed E-state index contributed by atoms with van der Waals surface area (Å²) < 4.78 is 5.21. The molecule has 0 aromatic heterocycles. The van der Waals surface area contributed by atoms with Crippen LogP contribution < -0.4 is 5.32 Å². The maximum Gasteiger partial charge on any atom is 0.407 e. The van der Waals surface area contributed by atoms with Crippen molar-refractivity contribution in [3.05, 3.63) is 0 Å². The highest BCUT2D eigenvalue weighted by molar-refractivity contribution is 5.68. The average molecular weight is 268 g/mol. The minimum atomic E-state index is -0.535. The molecule has 19 heavy (non-hydrogen) atoms. The summed E-state index contributed by atoms with van der Waals surface area (Å²) in [6, 6.07) is 2.11. The second-order valence-corrected chi connectivity index (χ2v) is 6.19. The smallest absolute Gasteiger partial charge is 0.407 e. The van der Waals surface area contributed by atoms with Crippen molar-refractivity contribution in [3.8, 4) is 6.07 Å². The van der Waals surface area contributed by atoms with Crippen molar-refractivity contribution >= 4 is 6.09 Å². The minimum absolute atomic E-state index is 0.111. The number of ether oxygens (including phenoxy) is 1. The van der Waals surface area contributed by atoms with E-state index < -0.39 is 11.7 Å². The van der Waals surface area contributed by atoms with Gasteiger partial charge >= 0.3 is 6.09 Å². The van der Waals surface area contributed by atoms with E-state index in [-0.39, 0.29) is 24.5 Å². The van der Waals surface area contributed by atoms with Crippen LogP contribution in [0.25, 0.3) is 0 Å². The monoisotopic (exact) mass is 268 g/mol. The van der Waals surface area contributed by atoms with Crippen molar-refractivity contribution in [1.29, 1.82) is 5.26 Å². The molecule has 108 valence electrons. The first-order valence-electron chi connectivity index (χ1n) is 6.86. The lowest BCUT2D eigenvalue weighted by Gasteiger charge is -2.31. The van der Waals surface area contributed by atoms with Crippen LogP contribution in [0.5, 0.6) is 0 Å². The summed E-state index contributed by atoms with van der Waals surface area (Å²) >= 11 is 0. The highest BCUT2D eigenvalue weighted by atomic mass is 16.6. The molecule has 0 aliphatic heterocycles. The minimum Gasteiger partial charge on any atom is -0.444 e. The Kier molecular flexibility index (Phi) is 5.61. The molecule has 1 unspecified atom stereocenters. The van der Waals surface area contributed by atoms with Crippen molar-refractivity contribution in [2.45, 2.75) is 70.6 Å². The highest BCUT2D eigenvalue weighted by Gasteiger charge is 2.28. The molecule has 1 saturated carbocycles. The summed E-state index contributed by atoms with van der Waals surface area (Å²) in [4.78, 5) is 11.6. The van der Waals surface area contributed by atoms with Crippen LogP contribution in [0.1, 0.15) is 52.9 Å². The molecule has 5 heteroatoms. The molecule has 5 nitrogen and oxygen atoms in total. The van der Waals surface area contributed by atoms with Crippen LogP contribution in [-0.2, 0) is 4.74 Å². The molecule has 0 bridgehead atoms. The van der Waals surface area contributed by atoms with Crippen molar-refractivity contribution < 1.29 is 14.6 Å². The van der Waals surface area contributed by atoms with E-state index in [1.165, 1.54) is 0 Å². The van der Waals surface area contributed by atoms with Gasteiger partial charge in [0.15, 0.2) is 0 Å². The van der Waals surface area contributed by atoms with Crippen molar-refractivity contribution in [2.24, 2.45) is 5.92 Å². The fraction of sp³-hybridized carbons (Fsp3) is 0.857. The van der Waals surface area contributed by atoms with Crippen LogP contribution in [0.3, 0.4) is 0 Å². The number of carbonyl (C=O) groups excluding carboxylic acids is 1. The van der Waals surface area contributed by atoms with E-state index in [9.17, 15) is 9.90 Å². The Labute approximate surface area is 114 Å². The summed E-state index contributed by atoms with van der Waals surface area (Å²) in [6.07, 6.45) is 2.60. The Bertz CT molecular complexity index is 336. The van der Waals surface area contributed by atoms with Crippen LogP contribution in [0.2, 0.25) is 0 Å². The predicted octanol–water partition coefficient (Wildman–Crippen LogP) is 2.34. The zero-order valence-electron chi connectivity index (χ0n) is 12.0. The summed E-state index contributed by atoms with van der Waals surface area (Å²) in [5.41, 5.74) is -0.482. The lowest BCUT2D eigenvalue weighted by Crippen LogP contribution is -2.42. The van der Waals surface area contributed by atoms with E-state index in [1.54, 1.807) is 0 Å². The third-order valence-electron chi connectivity index (χ3n) is 3.34. The Morgan fingerprint density at radius 1 is 1.42 bits per heavy atom. The first kappa shape index (κ1) is 15.8. The quantitative estimate of drug-likeness (QED) is 0.823. The third-order valence-corrected chi connectivity index (χ3v) is 3.34. The number of amides is 1. The van der Waals surface area contributed by atoms with Gasteiger partial charge in [0.2, 0.25) is 0 Å². The van der Waals surface area contributed by atoms with Crippen molar-refractivity contribution in [2.75, 3.05) is 0 Å². The number of alkyl carbamates (subject to hydrolysis) is 1. The van der Waals surface area contributed by atoms with Gasteiger partial charge in [0.1, 0.15) is 5.60 Å². The molecule has 1 fully saturated rings. The lowest BCUT2D eigenvalue weighted by atomic mass is 9.82. The standard InChI is InChI=1S/C14H24N2O3/c1-14(2,3)19-13(18)16-11-6-4-10(5-7-11)12(17)8-9-15/h10-12,17H,4-8H2,1-3H3,(H,16,18). The second kappa shape index (κ2) is 6.76. The predicted molar refractivity (Wildman–Crippen MR) is 71.4 cm³/mol. The summed E-state index contributed by atoms with van der Waals surface area (Å²) in [5, 5.41) is 21.2. The van der Waals surface area contributed by atoms with Gasteiger partial charge in [0.25, 0.3) is 0 Å². The molecule has 0 aromatic rings. The van der Waals surface area contributed by atoms with Gasteiger partial charge in [-0.05, 0) is 52.4 Å². The normalized spacial score (nSPS) is 25.2. The molecule has 0 heterocycles. The van der Waals surface area contributed by atoms with Gasteiger partial charge in [-0.25, -0.2) is 4.79 Å². The molecule has 1 aliphatic carbocycles. The Morgan fingerprint density at radius 2 is 2.00 bits per heavy atom. The number of nitrogens with one attached hydrogen (secondary N) is 1. The maximum atomic E-state index is 11.6. The Balaban J connectivity index is 2.31. The number of hydrogen-bond acceptors (Lipinski definition) is 4. The van der Waals surface area contributed by atoms with Crippen LogP contribution in [-0.4, -0.2) is 28.9 Å². The average Bonchev–Trinajstić information content (AvgIpc) is 2.27. The van der Waals surface area contributed by atoms with Crippen molar-refractivity contribution in [3.63, 3.8) is 0 Å². The van der Waals surface area contributed by atoms with Gasteiger partial charge in [-0.3, -0.25) is 0 Å². The number of nitriles is 1. The summed E-state index contributed by atoms with van der Waals surface area (Å²) in [6.45, 7) is 5.51. The van der Waals surface area contributed by atoms with Gasteiger partial charge in [0, 0.05) is 6.04 Å². The molecule has 1 aliphatic rings. The molecule has 0 aromatic carbocycles. The fourth-order valence-corrected chi connectivity index (χ4v) is 2.38. The van der Waals surface area contributed by atoms with E-state index in [0.717, 1.165) is 25.7 Å². The third kappa shape index (κ3) is 5.93. The van der Waals surface area contributed by atoms with Gasteiger partial charge in [-0.2, -0.15) is 5.26 Å². The van der Waals surface area contributed by atoms with Crippen LogP contribution in [0, 0.1) is 17.2 Å². The van der Waals surface area contributed by atoms with E-state index in [4.69, 9.17) is 10.00 Å². The molecule has 0 radical (unpaired) electrons. The number of nitrogens with zero attached hydrogens (tertiary/aromatic N) is 1. The van der Waals surface area contributed by atoms with Gasteiger partial charge in [0.05, 0.1) is 18.6 Å². The van der Waals surface area contributed by atoms with Gasteiger partial charge in [-0.15, -0.1) is 0 Å². The molecule has 1 rings (SSSR count). The van der Waals surface area contributed by atoms with E-state index in [0.29, 0.717) is 0 Å². The first-order valence-corrected chi connectivity index (χ1v) is 6.86. The summed E-state index contributed by atoms with van der Waals surface area (Å²) in [7, 11) is 0. The largest absolute Gasteiger partial charge is 0.444 e. The molecule has 1 atom stereocenters. The van der Waals surface area contributed by atoms with Crippen LogP contribution in [0.4, 0.5) is 4.79 Å². The van der Waals surface area contributed by atoms with Gasteiger partial charge in [-0.1, -0.05) is 0 Å². The number of aliphatic hydroxyl groups excluding tert-OH is 1. The zero-order valence-corrected chi connectivity index (χ0v) is 12.0. The molecule has 2 N–H and O–H groups in total. The summed E-state index contributed by atoms with van der Waals surface area (Å²) in [5.74, 6) is 0.177. The van der Waals surface area contributed by atoms with Crippen molar-refractivity contribution in [1.82, 2.24) is 5.32 Å². The van der Waals surface area contributed by atoms with Gasteiger partial charge < -0.3 is 15.2 Å². The van der Waals surface area contributed by atoms with E-state index in [1.807, 2.05) is 26.8 Å². The number of rotatable bonds is 3. The number of aliphatic hydroxyl groups is 1. The Hall–Kier alpha value is -1.28. The molecule has 1 amide bonds. The van der Waals surface area contributed by atoms with E-state index >= 15 is 0 Å². The van der Waals surface area contributed by atoms with E-state index in [2.05, 4.69) is 5.32 Å². The topological polar surface area (TPSA) is 82.3 Å². The Morgan fingerprint density at radius 3 is 2.47 bits per heavy atom. The van der Waals surface area contributed by atoms with Crippen LogP contribution in [0.15, 0.2) is 0 Å². The molecule has 0 spiro atoms. The number of hydrogen-bond donors (Lipinski definition) is 2. The lowest BCUT2D eigenvalue weighted by molar-refractivity contribution is 0.0455.